The molecule has 0 aliphatic heterocycles. The van der Waals surface area contributed by atoms with Crippen molar-refractivity contribution < 1.29 is 52.7 Å². The lowest BCUT2D eigenvalue weighted by Gasteiger charge is -2.32. The molecule has 0 saturated carbocycles. The van der Waals surface area contributed by atoms with Gasteiger partial charge in [0.2, 0.25) is 0 Å². The van der Waals surface area contributed by atoms with Crippen LogP contribution in [0.15, 0.2) is 297 Å². The molecular formula is C88H49F12N5. The Morgan fingerprint density at radius 1 is 0.171 bits per heavy atom. The van der Waals surface area contributed by atoms with E-state index in [1.165, 1.54) is 0 Å². The number of nitrogens with zero attached hydrogens (tertiary/aromatic N) is 5. The van der Waals surface area contributed by atoms with Gasteiger partial charge < -0.3 is 22.8 Å². The maximum absolute atomic E-state index is 16.3. The number of fused-ring (bicyclic) bond motifs is 15. The zero-order valence-corrected chi connectivity index (χ0v) is 54.6. The summed E-state index contributed by atoms with van der Waals surface area (Å²) in [5.74, 6) is 0. The SMILES string of the molecule is FC(F)(F)c1cc(-c2c(-n3c4ccccc4c4ccccc43)c(-c3cc(C(F)(F)F)cc(C(F)(F)F)c3)c(-n3c4ccccc4c4ccccc43)c(-n3c4ccccc4c4cc(-c5ccc6c(c5)c5ccccc5n6-c5ccccc5)ccc43)c2-n2c3ccccc3c3ccccc32)cc(C(F)(F)F)c1. The van der Waals surface area contributed by atoms with E-state index in [1.54, 1.807) is 147 Å². The molecule has 5 aromatic heterocycles. The Labute approximate surface area is 587 Å². The van der Waals surface area contributed by atoms with Gasteiger partial charge in [0.25, 0.3) is 0 Å². The van der Waals surface area contributed by atoms with Crippen LogP contribution in [0.3, 0.4) is 0 Å². The van der Waals surface area contributed by atoms with Gasteiger partial charge in [-0.2, -0.15) is 52.7 Å². The summed E-state index contributed by atoms with van der Waals surface area (Å²) < 4.78 is 204. The predicted molar refractivity (Wildman–Crippen MR) is 394 cm³/mol. The molecular weight excluding hydrogens is 1350 g/mol. The molecule has 17 heteroatoms. The van der Waals surface area contributed by atoms with Gasteiger partial charge in [-0.25, -0.2) is 0 Å². The van der Waals surface area contributed by atoms with Crippen molar-refractivity contribution in [3.05, 3.63) is 320 Å². The molecule has 510 valence electrons. The second kappa shape index (κ2) is 22.9. The van der Waals surface area contributed by atoms with Gasteiger partial charge in [0.15, 0.2) is 0 Å². The highest BCUT2D eigenvalue weighted by atomic mass is 19.4. The standard InChI is InChI=1S/C88H49F12N5/c89-85(90,91)54-42-52(43-55(48-54)86(92,93)94)79-81(102-70-31-13-4-22-59(70)60-23-5-14-32-71(60)102)80(53-44-56(87(95,96)97)49-57(45-53)88(98,99)100)83(104-74-35-17-8-26-63(74)64-27-9-18-36-75(64)104)84(82(79)103-72-33-15-6-24-61(72)62-25-7-16-34-73(62)103)105-76-37-19-11-29-66(76)68-47-51(39-41-78(68)105)50-38-40-77-67(46-50)65-28-10-12-30-69(65)101(77)58-20-2-1-3-21-58/h1-49H. The summed E-state index contributed by atoms with van der Waals surface area (Å²) in [4.78, 5) is 0. The number of hydrogen-bond donors (Lipinski definition) is 0. The van der Waals surface area contributed by atoms with E-state index >= 15 is 52.7 Å². The molecule has 0 aliphatic carbocycles. The number of para-hydroxylation sites is 9. The average molecular weight is 1400 g/mol. The van der Waals surface area contributed by atoms with E-state index in [0.717, 1.165) is 38.6 Å². The van der Waals surface area contributed by atoms with Crippen LogP contribution in [0, 0.1) is 0 Å². The highest BCUT2D eigenvalue weighted by Gasteiger charge is 2.43. The number of halogens is 12. The average Bonchev–Trinajstić information content (AvgIpc) is 1.63. The quantitative estimate of drug-likeness (QED) is 0.136. The topological polar surface area (TPSA) is 24.6 Å². The first kappa shape index (κ1) is 63.2. The van der Waals surface area contributed by atoms with Crippen LogP contribution >= 0.6 is 0 Å². The lowest BCUT2D eigenvalue weighted by atomic mass is 9.87. The molecule has 5 nitrogen and oxygen atoms in total. The molecule has 14 aromatic carbocycles. The van der Waals surface area contributed by atoms with Gasteiger partial charge in [-0.05, 0) is 144 Å². The Morgan fingerprint density at radius 2 is 0.400 bits per heavy atom. The van der Waals surface area contributed by atoms with E-state index in [-0.39, 0.29) is 45.9 Å². The van der Waals surface area contributed by atoms with Crippen molar-refractivity contribution in [2.75, 3.05) is 0 Å². The summed E-state index contributed by atoms with van der Waals surface area (Å²) in [6, 6.07) is 81.6. The Kier molecular flexibility index (Phi) is 13.8. The van der Waals surface area contributed by atoms with Crippen LogP contribution in [-0.4, -0.2) is 22.8 Å². The minimum absolute atomic E-state index is 0.00403. The fourth-order valence-corrected chi connectivity index (χ4v) is 16.2. The molecule has 0 aliphatic rings. The van der Waals surface area contributed by atoms with Crippen molar-refractivity contribution in [2.45, 2.75) is 24.7 Å². The Morgan fingerprint density at radius 3 is 0.695 bits per heavy atom. The fourth-order valence-electron chi connectivity index (χ4n) is 16.2. The Balaban J connectivity index is 1.11. The minimum Gasteiger partial charge on any atom is -0.309 e. The van der Waals surface area contributed by atoms with Crippen LogP contribution < -0.4 is 0 Å². The van der Waals surface area contributed by atoms with Gasteiger partial charge in [0.05, 0.1) is 100 Å². The summed E-state index contributed by atoms with van der Waals surface area (Å²) in [6.45, 7) is 0. The van der Waals surface area contributed by atoms with Crippen molar-refractivity contribution in [2.24, 2.45) is 0 Å². The highest BCUT2D eigenvalue weighted by molar-refractivity contribution is 6.19. The first-order valence-electron chi connectivity index (χ1n) is 33.6. The zero-order valence-electron chi connectivity index (χ0n) is 54.6. The van der Waals surface area contributed by atoms with E-state index in [4.69, 9.17) is 0 Å². The molecule has 0 atom stereocenters. The largest absolute Gasteiger partial charge is 0.416 e. The molecule has 105 heavy (non-hydrogen) atoms. The second-order valence-corrected chi connectivity index (χ2v) is 26.3. The zero-order chi connectivity index (χ0) is 71.7. The molecule has 0 amide bonds. The molecule has 0 radical (unpaired) electrons. The van der Waals surface area contributed by atoms with Crippen LogP contribution in [0.1, 0.15) is 22.3 Å². The van der Waals surface area contributed by atoms with Crippen molar-refractivity contribution >= 4 is 109 Å². The highest BCUT2D eigenvalue weighted by Crippen LogP contribution is 2.57. The fraction of sp³-hybridized carbons (Fsp3) is 0.0455. The van der Waals surface area contributed by atoms with E-state index in [0.29, 0.717) is 100 Å². The first-order valence-corrected chi connectivity index (χ1v) is 33.6. The minimum atomic E-state index is -5.50. The number of alkyl halides is 12. The van der Waals surface area contributed by atoms with Gasteiger partial charge in [0.1, 0.15) is 0 Å². The summed E-state index contributed by atoms with van der Waals surface area (Å²) in [5, 5.41) is 6.33. The smallest absolute Gasteiger partial charge is 0.309 e. The molecule has 0 bridgehead atoms. The molecule has 0 N–H and O–H groups in total. The van der Waals surface area contributed by atoms with Crippen LogP contribution in [-0.2, 0) is 24.7 Å². The van der Waals surface area contributed by atoms with Crippen LogP contribution in [0.5, 0.6) is 0 Å². The summed E-state index contributed by atoms with van der Waals surface area (Å²) in [5.41, 5.74) is -2.81. The van der Waals surface area contributed by atoms with E-state index in [1.807, 2.05) is 108 Å². The van der Waals surface area contributed by atoms with Gasteiger partial charge in [-0.1, -0.05) is 176 Å². The summed E-state index contributed by atoms with van der Waals surface area (Å²) in [6.07, 6.45) is -22.0. The number of benzene rings is 14. The van der Waals surface area contributed by atoms with E-state index in [9.17, 15) is 0 Å². The lowest BCUT2D eigenvalue weighted by Crippen LogP contribution is -2.17. The van der Waals surface area contributed by atoms with Crippen molar-refractivity contribution in [3.8, 4) is 61.8 Å². The normalized spacial score (nSPS) is 12.8. The van der Waals surface area contributed by atoms with Crippen LogP contribution in [0.4, 0.5) is 52.7 Å². The summed E-state index contributed by atoms with van der Waals surface area (Å²) >= 11 is 0. The van der Waals surface area contributed by atoms with Gasteiger partial charge in [-0.15, -0.1) is 0 Å². The lowest BCUT2D eigenvalue weighted by molar-refractivity contribution is -0.144. The predicted octanol–water partition coefficient (Wildman–Crippen LogP) is 26.2. The maximum atomic E-state index is 16.3. The van der Waals surface area contributed by atoms with Crippen molar-refractivity contribution in [3.63, 3.8) is 0 Å². The molecule has 0 fully saturated rings. The molecule has 0 saturated heterocycles. The third-order valence-corrected chi connectivity index (χ3v) is 20.5. The Bertz CT molecular complexity index is 6410. The van der Waals surface area contributed by atoms with Gasteiger partial charge >= 0.3 is 24.7 Å². The monoisotopic (exact) mass is 1400 g/mol. The van der Waals surface area contributed by atoms with Crippen LogP contribution in [0.2, 0.25) is 0 Å². The summed E-state index contributed by atoms with van der Waals surface area (Å²) in [7, 11) is 0. The Hall–Kier alpha value is -12.8. The molecule has 0 spiro atoms. The number of hydrogen-bond acceptors (Lipinski definition) is 0. The van der Waals surface area contributed by atoms with E-state index in [2.05, 4.69) is 28.8 Å². The molecule has 5 heterocycles. The van der Waals surface area contributed by atoms with Crippen molar-refractivity contribution in [1.82, 2.24) is 22.8 Å². The van der Waals surface area contributed by atoms with E-state index < -0.39 is 69.2 Å². The number of rotatable bonds is 8. The molecule has 0 unspecified atom stereocenters. The molecule has 19 aromatic rings. The van der Waals surface area contributed by atoms with Gasteiger partial charge in [0, 0.05) is 70.7 Å². The van der Waals surface area contributed by atoms with Crippen molar-refractivity contribution in [1.29, 1.82) is 0 Å². The van der Waals surface area contributed by atoms with Gasteiger partial charge in [-0.3, -0.25) is 0 Å². The molecule has 19 rings (SSSR count). The first-order chi connectivity index (χ1) is 50.7. The maximum Gasteiger partial charge on any atom is 0.416 e. The second-order valence-electron chi connectivity index (χ2n) is 26.3. The third-order valence-electron chi connectivity index (χ3n) is 20.5. The number of aromatic nitrogens is 5. The van der Waals surface area contributed by atoms with Crippen LogP contribution in [0.25, 0.3) is 171 Å². The third kappa shape index (κ3) is 9.73.